The summed E-state index contributed by atoms with van der Waals surface area (Å²) in [5, 5.41) is 3.99. The highest BCUT2D eigenvalue weighted by atomic mass is 79.9. The largest absolute Gasteiger partial charge is 1.00 e. The Labute approximate surface area is 496 Å². The lowest BCUT2D eigenvalue weighted by molar-refractivity contribution is -0.159. The molecule has 0 radical (unpaired) electrons. The van der Waals surface area contributed by atoms with Gasteiger partial charge in [-0.2, -0.15) is 39.5 Å². The number of esters is 3. The number of carbonyl (C=O) groups excluding carboxylic acids is 4. The molecule has 0 bridgehead atoms. The number of hydrogen-bond donors (Lipinski definition) is 1. The number of amides is 1. The summed E-state index contributed by atoms with van der Waals surface area (Å²) in [5.74, 6) is -2.15. The van der Waals surface area contributed by atoms with Gasteiger partial charge in [0.2, 0.25) is 5.91 Å². The molecule has 0 spiro atoms. The number of aryl methyl sites for hydroxylation is 3. The SMILES string of the molecule is O=C(CCCCCCCCC[P+](c1ccc(C(F)(F)F)cc1)(c1ccc(C(F)(F)F)cc1)c1ccc(C(F)(F)F)cc1)NC(COC(=O)CCCc1ccccc1)(COC(=O)CCCc1ccccc1)COC(=O)CCCc1ccccc1.[Br-]. The molecule has 0 aromatic heterocycles. The third kappa shape index (κ3) is 22.2. The van der Waals surface area contributed by atoms with Crippen LogP contribution in [0.3, 0.4) is 0 Å². The zero-order valence-corrected chi connectivity index (χ0v) is 49.0. The topological polar surface area (TPSA) is 108 Å². The Kier molecular flexibility index (Phi) is 27.0. The van der Waals surface area contributed by atoms with Gasteiger partial charge < -0.3 is 36.5 Å². The van der Waals surface area contributed by atoms with Crippen LogP contribution in [0.15, 0.2) is 164 Å². The molecule has 0 heterocycles. The molecule has 0 fully saturated rings. The van der Waals surface area contributed by atoms with Crippen molar-refractivity contribution >= 4 is 47.0 Å². The van der Waals surface area contributed by atoms with Crippen LogP contribution in [0.25, 0.3) is 0 Å². The second kappa shape index (κ2) is 33.2. The summed E-state index contributed by atoms with van der Waals surface area (Å²) in [6.07, 6.45) is -6.46. The minimum Gasteiger partial charge on any atom is -1.00 e. The van der Waals surface area contributed by atoms with Crippen LogP contribution in [0, 0.1) is 0 Å². The molecular formula is C65H70BrF9NO7P. The van der Waals surface area contributed by atoms with Gasteiger partial charge >= 0.3 is 36.4 Å². The van der Waals surface area contributed by atoms with E-state index in [-0.39, 0.29) is 48.8 Å². The van der Waals surface area contributed by atoms with E-state index in [9.17, 15) is 58.7 Å². The Morgan fingerprint density at radius 1 is 0.357 bits per heavy atom. The van der Waals surface area contributed by atoms with Gasteiger partial charge in [0.15, 0.2) is 0 Å². The van der Waals surface area contributed by atoms with E-state index in [1.165, 1.54) is 36.4 Å². The monoisotopic (exact) mass is 1260 g/mol. The standard InChI is InChI=1S/C65H69F9NO7P.BrH/c66-63(67,68)52-33-39-55(40-34-52)83(56-41-35-53(36-42-56)64(69,70)71,57-43-37-54(38-44-57)65(72,73)74)45-16-5-3-1-2-4-15-29-58(76)75-62(46-80-59(77)30-17-26-49-20-9-6-10-21-49,47-81-60(78)31-18-27-50-22-11-7-12-23-50)48-82-61(79)32-19-28-51-24-13-8-14-25-51;/h6-14,20-25,33-44H,1-5,15-19,26-32,45-48H2;1H. The van der Waals surface area contributed by atoms with E-state index >= 15 is 0 Å². The Balaban J connectivity index is 0.0000129. The number of benzene rings is 6. The third-order valence-electron chi connectivity index (χ3n) is 14.3. The molecular weight excluding hydrogens is 1190 g/mol. The van der Waals surface area contributed by atoms with Gasteiger partial charge in [-0.3, -0.25) is 19.2 Å². The van der Waals surface area contributed by atoms with Crippen LogP contribution in [0.4, 0.5) is 39.5 Å². The number of nitrogens with one attached hydrogen (secondary N) is 1. The Bertz CT molecular complexity index is 2640. The predicted molar refractivity (Wildman–Crippen MR) is 304 cm³/mol. The minimum atomic E-state index is -4.70. The molecule has 0 saturated heterocycles. The van der Waals surface area contributed by atoms with E-state index in [1.807, 2.05) is 91.0 Å². The fraction of sp³-hybridized carbons (Fsp3) is 0.385. The van der Waals surface area contributed by atoms with Gasteiger partial charge in [0.05, 0.1) is 22.9 Å². The van der Waals surface area contributed by atoms with Gasteiger partial charge in [0.1, 0.15) is 48.5 Å². The second-order valence-corrected chi connectivity index (χ2v) is 24.3. The first-order valence-corrected chi connectivity index (χ1v) is 29.9. The lowest BCUT2D eigenvalue weighted by atomic mass is 10.0. The molecule has 6 rings (SSSR count). The quantitative estimate of drug-likeness (QED) is 0.0147. The molecule has 0 aliphatic heterocycles. The van der Waals surface area contributed by atoms with Crippen molar-refractivity contribution < 1.29 is 89.9 Å². The molecule has 84 heavy (non-hydrogen) atoms. The Morgan fingerprint density at radius 2 is 0.643 bits per heavy atom. The molecule has 6 aromatic carbocycles. The Hall–Kier alpha value is -6.52. The summed E-state index contributed by atoms with van der Waals surface area (Å²) < 4.78 is 141. The van der Waals surface area contributed by atoms with Gasteiger partial charge in [-0.15, -0.1) is 0 Å². The summed E-state index contributed by atoms with van der Waals surface area (Å²) in [6, 6.07) is 41.6. The first kappa shape index (κ1) is 68.3. The Morgan fingerprint density at radius 3 is 0.940 bits per heavy atom. The van der Waals surface area contributed by atoms with Crippen LogP contribution in [0.2, 0.25) is 0 Å². The van der Waals surface area contributed by atoms with Crippen LogP contribution < -0.4 is 38.2 Å². The molecule has 0 aliphatic rings. The lowest BCUT2D eigenvalue weighted by Crippen LogP contribution is -3.00. The molecule has 6 aromatic rings. The summed E-state index contributed by atoms with van der Waals surface area (Å²) in [5.41, 5.74) is -1.40. The van der Waals surface area contributed by atoms with Crippen molar-refractivity contribution in [3.05, 3.63) is 197 Å². The fourth-order valence-electron chi connectivity index (χ4n) is 9.78. The van der Waals surface area contributed by atoms with Crippen LogP contribution in [0.5, 0.6) is 0 Å². The van der Waals surface area contributed by atoms with Crippen molar-refractivity contribution in [3.63, 3.8) is 0 Å². The maximum Gasteiger partial charge on any atom is 0.416 e. The van der Waals surface area contributed by atoms with Gasteiger partial charge in [-0.1, -0.05) is 117 Å². The molecule has 0 saturated carbocycles. The van der Waals surface area contributed by atoms with Gasteiger partial charge in [-0.05, 0) is 147 Å². The van der Waals surface area contributed by atoms with Crippen molar-refractivity contribution in [1.29, 1.82) is 0 Å². The predicted octanol–water partition coefficient (Wildman–Crippen LogP) is 11.7. The summed E-state index contributed by atoms with van der Waals surface area (Å²) >= 11 is 0. The summed E-state index contributed by atoms with van der Waals surface area (Å²) in [7, 11) is -3.18. The van der Waals surface area contributed by atoms with E-state index in [1.54, 1.807) is 0 Å². The van der Waals surface area contributed by atoms with Crippen molar-refractivity contribution in [3.8, 4) is 0 Å². The lowest BCUT2D eigenvalue weighted by Gasteiger charge is -2.33. The fourth-order valence-corrected chi connectivity index (χ4v) is 14.1. The van der Waals surface area contributed by atoms with E-state index in [0.717, 1.165) is 53.1 Å². The average molecular weight is 1260 g/mol. The van der Waals surface area contributed by atoms with Crippen LogP contribution >= 0.6 is 7.26 Å². The highest BCUT2D eigenvalue weighted by Gasteiger charge is 2.47. The van der Waals surface area contributed by atoms with E-state index in [0.29, 0.717) is 99.4 Å². The third-order valence-corrected chi connectivity index (χ3v) is 18.8. The molecule has 8 nitrogen and oxygen atoms in total. The number of ether oxygens (including phenoxy) is 3. The highest BCUT2D eigenvalue weighted by Crippen LogP contribution is 2.57. The average Bonchev–Trinajstić information content (AvgIpc) is 1.13. The summed E-state index contributed by atoms with van der Waals surface area (Å²) in [6.45, 7) is -1.38. The number of rotatable bonds is 32. The van der Waals surface area contributed by atoms with Gasteiger partial charge in [-0.25, -0.2) is 0 Å². The normalized spacial score (nSPS) is 12.0. The van der Waals surface area contributed by atoms with Crippen molar-refractivity contribution in [2.75, 3.05) is 26.0 Å². The number of hydrogen-bond acceptors (Lipinski definition) is 7. The second-order valence-electron chi connectivity index (χ2n) is 20.7. The number of carbonyl (C=O) groups is 4. The minimum absolute atomic E-state index is 0. The van der Waals surface area contributed by atoms with Gasteiger partial charge in [0.25, 0.3) is 0 Å². The zero-order valence-electron chi connectivity index (χ0n) is 46.5. The van der Waals surface area contributed by atoms with Crippen LogP contribution in [0.1, 0.15) is 123 Å². The molecule has 452 valence electrons. The zero-order chi connectivity index (χ0) is 59.8. The highest BCUT2D eigenvalue weighted by molar-refractivity contribution is 7.95. The van der Waals surface area contributed by atoms with E-state index < -0.39 is 91.7 Å². The van der Waals surface area contributed by atoms with E-state index in [4.69, 9.17) is 14.2 Å². The molecule has 1 amide bonds. The smallest absolute Gasteiger partial charge is 0.416 e. The molecule has 0 unspecified atom stereocenters. The number of unbranched alkanes of at least 4 members (excludes halogenated alkanes) is 6. The first-order valence-electron chi connectivity index (χ1n) is 28.0. The number of alkyl halides is 9. The van der Waals surface area contributed by atoms with Crippen LogP contribution in [-0.2, 0) is 71.2 Å². The van der Waals surface area contributed by atoms with E-state index in [2.05, 4.69) is 5.32 Å². The molecule has 0 atom stereocenters. The number of halogens is 10. The van der Waals surface area contributed by atoms with Crippen LogP contribution in [-0.4, -0.2) is 55.3 Å². The first-order chi connectivity index (χ1) is 39.6. The molecule has 19 heteroatoms. The molecule has 0 aliphatic carbocycles. The van der Waals surface area contributed by atoms with Gasteiger partial charge in [0, 0.05) is 25.7 Å². The van der Waals surface area contributed by atoms with Crippen molar-refractivity contribution in [1.82, 2.24) is 5.32 Å². The maximum absolute atomic E-state index is 13.9. The molecule has 1 N–H and O–H groups in total. The maximum atomic E-state index is 13.9. The van der Waals surface area contributed by atoms with Crippen molar-refractivity contribution in [2.24, 2.45) is 0 Å². The van der Waals surface area contributed by atoms with Crippen molar-refractivity contribution in [2.45, 2.75) is 133 Å². The summed E-state index contributed by atoms with van der Waals surface area (Å²) in [4.78, 5) is 53.6.